The van der Waals surface area contributed by atoms with Crippen molar-refractivity contribution in [1.82, 2.24) is 15.2 Å². The molecule has 0 spiro atoms. The fourth-order valence-corrected chi connectivity index (χ4v) is 7.60. The number of carbonyl (C=O) groups is 2. The summed E-state index contributed by atoms with van der Waals surface area (Å²) < 4.78 is 12.0. The third-order valence-corrected chi connectivity index (χ3v) is 10.8. The second-order valence-electron chi connectivity index (χ2n) is 15.0. The molecule has 3 atom stereocenters. The Labute approximate surface area is 342 Å². The quantitative estimate of drug-likeness (QED) is 0.0510. The van der Waals surface area contributed by atoms with Crippen molar-refractivity contribution in [3.05, 3.63) is 177 Å². The molecule has 0 radical (unpaired) electrons. The maximum absolute atomic E-state index is 13.9. The average molecular weight is 796 g/mol. The summed E-state index contributed by atoms with van der Waals surface area (Å²) in [7, 11) is 0. The van der Waals surface area contributed by atoms with Crippen molar-refractivity contribution in [3.63, 3.8) is 0 Å². The number of aromatic amines is 1. The van der Waals surface area contributed by atoms with E-state index in [4.69, 9.17) is 9.47 Å². The van der Waals surface area contributed by atoms with Crippen LogP contribution in [0.5, 0.6) is 11.5 Å². The molecule has 7 rings (SSSR count). The highest BCUT2D eigenvalue weighted by atomic mass is 16.6. The molecule has 5 N–H and O–H groups in total. The predicted molar refractivity (Wildman–Crippen MR) is 225 cm³/mol. The van der Waals surface area contributed by atoms with Crippen molar-refractivity contribution in [1.29, 1.82) is 0 Å². The third-order valence-electron chi connectivity index (χ3n) is 10.8. The number of rotatable bonds is 17. The normalized spacial score (nSPS) is 15.7. The Bertz CT molecular complexity index is 2400. The van der Waals surface area contributed by atoms with Gasteiger partial charge in [-0.3, -0.25) is 14.5 Å². The van der Waals surface area contributed by atoms with Crippen molar-refractivity contribution in [2.75, 3.05) is 26.2 Å². The molecule has 11 nitrogen and oxygen atoms in total. The predicted octanol–water partition coefficient (Wildman–Crippen LogP) is 6.54. The van der Waals surface area contributed by atoms with Crippen LogP contribution in [0, 0.1) is 0 Å². The largest absolute Gasteiger partial charge is 0.506 e. The zero-order valence-corrected chi connectivity index (χ0v) is 32.8. The summed E-state index contributed by atoms with van der Waals surface area (Å²) in [5.74, 6) is -0.513. The number of aliphatic hydroxyl groups excluding tert-OH is 1. The molecule has 1 aliphatic rings. The minimum atomic E-state index is -2.05. The van der Waals surface area contributed by atoms with Gasteiger partial charge >= 0.3 is 5.97 Å². The highest BCUT2D eigenvalue weighted by Gasteiger charge is 2.43. The number of carbonyl (C=O) groups excluding carboxylic acids is 2. The van der Waals surface area contributed by atoms with Gasteiger partial charge in [-0.25, -0.2) is 4.79 Å². The highest BCUT2D eigenvalue weighted by Crippen LogP contribution is 2.35. The Hall–Kier alpha value is -6.27. The van der Waals surface area contributed by atoms with Crippen LogP contribution in [0.3, 0.4) is 0 Å². The van der Waals surface area contributed by atoms with Crippen LogP contribution < -0.4 is 15.6 Å². The number of amides is 1. The van der Waals surface area contributed by atoms with Gasteiger partial charge in [0.1, 0.15) is 17.6 Å². The van der Waals surface area contributed by atoms with Crippen molar-refractivity contribution in [2.45, 2.75) is 56.5 Å². The summed E-state index contributed by atoms with van der Waals surface area (Å²) in [6, 6.07) is 39.3. The number of nitrogens with zero attached hydrogens (tertiary/aromatic N) is 1. The van der Waals surface area contributed by atoms with Gasteiger partial charge in [-0.15, -0.1) is 0 Å². The van der Waals surface area contributed by atoms with Gasteiger partial charge in [0.2, 0.25) is 11.2 Å². The van der Waals surface area contributed by atoms with Gasteiger partial charge in [-0.2, -0.15) is 0 Å². The zero-order valence-electron chi connectivity index (χ0n) is 32.8. The van der Waals surface area contributed by atoms with E-state index >= 15 is 0 Å². The fourth-order valence-electron chi connectivity index (χ4n) is 7.60. The summed E-state index contributed by atoms with van der Waals surface area (Å²) in [4.78, 5) is 43.3. The average Bonchev–Trinajstić information content (AvgIpc) is 3.70. The van der Waals surface area contributed by atoms with E-state index in [9.17, 15) is 29.7 Å². The molecule has 1 aromatic heterocycles. The summed E-state index contributed by atoms with van der Waals surface area (Å²) in [5.41, 5.74) is 2.05. The molecule has 59 heavy (non-hydrogen) atoms. The van der Waals surface area contributed by atoms with E-state index in [1.165, 1.54) is 17.7 Å². The Morgan fingerprint density at radius 3 is 2.37 bits per heavy atom. The molecule has 5 aromatic carbocycles. The molecule has 0 aliphatic carbocycles. The van der Waals surface area contributed by atoms with Crippen LogP contribution in [0.1, 0.15) is 70.0 Å². The lowest BCUT2D eigenvalue weighted by Gasteiger charge is -2.29. The van der Waals surface area contributed by atoms with Crippen LogP contribution in [-0.2, 0) is 28.1 Å². The zero-order chi connectivity index (χ0) is 41.2. The van der Waals surface area contributed by atoms with Crippen molar-refractivity contribution >= 4 is 22.8 Å². The number of fused-ring (bicyclic) bond motifs is 1. The molecule has 1 aliphatic heterocycles. The molecule has 1 saturated heterocycles. The number of hydrogen-bond donors (Lipinski definition) is 5. The number of H-pyrrole nitrogens is 1. The van der Waals surface area contributed by atoms with Gasteiger partial charge in [0.25, 0.3) is 5.91 Å². The number of likely N-dealkylation sites (tertiary alicyclic amines) is 1. The molecule has 0 unspecified atom stereocenters. The van der Waals surface area contributed by atoms with Crippen LogP contribution >= 0.6 is 0 Å². The molecule has 11 heteroatoms. The molecule has 1 amide bonds. The summed E-state index contributed by atoms with van der Waals surface area (Å²) in [6.07, 6.45) is 1.93. The molecular weight excluding hydrogens is 747 g/mol. The Balaban J connectivity index is 0.872. The summed E-state index contributed by atoms with van der Waals surface area (Å²) in [5, 5.41) is 36.7. The number of pyridine rings is 1. The minimum Gasteiger partial charge on any atom is -0.506 e. The highest BCUT2D eigenvalue weighted by molar-refractivity contribution is 5.94. The van der Waals surface area contributed by atoms with Gasteiger partial charge < -0.3 is 35.1 Å². The number of esters is 1. The standard InChI is InChI=1S/C48H49N3O8/c52-42(40-22-24-43(53)45-41(40)23-25-44(54)50-45)17-7-12-33-18-20-35(21-19-33)46(55)49-27-9-29-58-38-16-8-15-37(30-38)48(57,36-13-5-2-6-14-36)47(56)59-39-26-28-51(32-39)31-34-10-3-1-4-11-34/h1-6,8,10-11,13-16,18-25,30,39,42,52-53,57H,7,9,12,17,26-29,31-32H2,(H,49,55)(H,50,54)/t39-,42-,48-/m0/s1. The molecule has 6 aromatic rings. The fraction of sp³-hybridized carbons (Fsp3) is 0.271. The second-order valence-corrected chi connectivity index (χ2v) is 15.0. The van der Waals surface area contributed by atoms with E-state index in [0.717, 1.165) is 18.7 Å². The first-order valence-electron chi connectivity index (χ1n) is 20.1. The van der Waals surface area contributed by atoms with Crippen LogP contribution in [0.4, 0.5) is 0 Å². The van der Waals surface area contributed by atoms with E-state index in [0.29, 0.717) is 90.7 Å². The van der Waals surface area contributed by atoms with Gasteiger partial charge in [0, 0.05) is 48.8 Å². The Morgan fingerprint density at radius 1 is 0.847 bits per heavy atom. The van der Waals surface area contributed by atoms with E-state index in [1.54, 1.807) is 72.8 Å². The number of hydrogen-bond acceptors (Lipinski definition) is 9. The first kappa shape index (κ1) is 40.9. The van der Waals surface area contributed by atoms with Crippen molar-refractivity contribution in [2.24, 2.45) is 0 Å². The maximum atomic E-state index is 13.9. The number of benzene rings is 5. The number of aryl methyl sites for hydroxylation is 1. The lowest BCUT2D eigenvalue weighted by molar-refractivity contribution is -0.167. The van der Waals surface area contributed by atoms with E-state index in [2.05, 4.69) is 27.3 Å². The first-order valence-corrected chi connectivity index (χ1v) is 20.1. The number of phenols is 1. The van der Waals surface area contributed by atoms with Gasteiger partial charge in [-0.1, -0.05) is 91.0 Å². The monoisotopic (exact) mass is 795 g/mol. The summed E-state index contributed by atoms with van der Waals surface area (Å²) in [6.45, 7) is 2.80. The Kier molecular flexibility index (Phi) is 13.2. The number of phenolic OH excluding ortho intramolecular Hbond substituents is 1. The lowest BCUT2D eigenvalue weighted by Crippen LogP contribution is -2.41. The first-order chi connectivity index (χ1) is 28.7. The van der Waals surface area contributed by atoms with Crippen LogP contribution in [0.15, 0.2) is 138 Å². The molecular formula is C48H49N3O8. The van der Waals surface area contributed by atoms with E-state index < -0.39 is 17.7 Å². The smallest absolute Gasteiger partial charge is 0.348 e. The van der Waals surface area contributed by atoms with E-state index in [1.807, 2.05) is 36.4 Å². The molecule has 0 bridgehead atoms. The number of aliphatic hydroxyl groups is 2. The van der Waals surface area contributed by atoms with Crippen LogP contribution in [0.25, 0.3) is 10.9 Å². The maximum Gasteiger partial charge on any atom is 0.348 e. The van der Waals surface area contributed by atoms with Gasteiger partial charge in [0.05, 0.1) is 18.2 Å². The minimum absolute atomic E-state index is 0.0472. The molecule has 2 heterocycles. The number of nitrogens with one attached hydrogen (secondary N) is 2. The lowest BCUT2D eigenvalue weighted by atomic mass is 9.86. The molecule has 0 saturated carbocycles. The number of aromatic nitrogens is 1. The SMILES string of the molecule is O=C(NCCCOc1cccc([C@](O)(C(=O)O[C@H]2CCN(Cc3ccccc3)C2)c2ccccc2)c1)c1ccc(CCC[C@H](O)c2ccc(O)c3[nH]c(=O)ccc23)cc1. The van der Waals surface area contributed by atoms with Gasteiger partial charge in [-0.05, 0) is 90.8 Å². The molecule has 304 valence electrons. The second kappa shape index (κ2) is 19.0. The topological polar surface area (TPSA) is 161 Å². The van der Waals surface area contributed by atoms with Gasteiger partial charge in [0.15, 0.2) is 0 Å². The summed E-state index contributed by atoms with van der Waals surface area (Å²) >= 11 is 0. The number of ether oxygens (including phenoxy) is 2. The van der Waals surface area contributed by atoms with Crippen LogP contribution in [0.2, 0.25) is 0 Å². The number of aromatic hydroxyl groups is 1. The van der Waals surface area contributed by atoms with Crippen LogP contribution in [-0.4, -0.2) is 69.4 Å². The molecule has 1 fully saturated rings. The Morgan fingerprint density at radius 2 is 1.59 bits per heavy atom. The van der Waals surface area contributed by atoms with E-state index in [-0.39, 0.29) is 23.3 Å². The third kappa shape index (κ3) is 10.1. The van der Waals surface area contributed by atoms with Crippen molar-refractivity contribution < 1.29 is 34.4 Å². The van der Waals surface area contributed by atoms with Crippen molar-refractivity contribution in [3.8, 4) is 11.5 Å².